The third-order valence-corrected chi connectivity index (χ3v) is 8.29. The van der Waals surface area contributed by atoms with Gasteiger partial charge in [0, 0.05) is 14.1 Å². The fourth-order valence-electron chi connectivity index (χ4n) is 1.17. The summed E-state index contributed by atoms with van der Waals surface area (Å²) < 4.78 is 6.16. The van der Waals surface area contributed by atoms with E-state index in [1.165, 1.54) is 0 Å². The second kappa shape index (κ2) is 6.66. The summed E-state index contributed by atoms with van der Waals surface area (Å²) in [4.78, 5) is 18.1. The van der Waals surface area contributed by atoms with Crippen molar-refractivity contribution in [3.63, 3.8) is 0 Å². The molecule has 0 saturated heterocycles. The third-order valence-electron chi connectivity index (χ3n) is 3.81. The normalized spacial score (nSPS) is 15.3. The number of carbonyl (C=O) groups is 1. The Morgan fingerprint density at radius 2 is 1.79 bits per heavy atom. The second-order valence-corrected chi connectivity index (χ2v) is 11.4. The van der Waals surface area contributed by atoms with E-state index in [9.17, 15) is 4.79 Å². The summed E-state index contributed by atoms with van der Waals surface area (Å²) in [5, 5.41) is 0.0982. The molecule has 0 aromatic heterocycles. The zero-order valence-electron chi connectivity index (χ0n) is 14.0. The topological polar surface area (TPSA) is 41.9 Å². The Morgan fingerprint density at radius 1 is 1.32 bits per heavy atom. The first-order chi connectivity index (χ1) is 8.42. The van der Waals surface area contributed by atoms with Gasteiger partial charge in [0.05, 0.1) is 0 Å². The van der Waals surface area contributed by atoms with E-state index in [0.717, 1.165) is 0 Å². The minimum atomic E-state index is -1.93. The van der Waals surface area contributed by atoms with Crippen molar-refractivity contribution in [3.05, 3.63) is 0 Å². The lowest BCUT2D eigenvalue weighted by Gasteiger charge is -2.38. The summed E-state index contributed by atoms with van der Waals surface area (Å²) >= 11 is 0. The van der Waals surface area contributed by atoms with Gasteiger partial charge in [0.15, 0.2) is 8.32 Å². The lowest BCUT2D eigenvalue weighted by molar-refractivity contribution is -0.125. The molecule has 1 atom stereocenters. The highest BCUT2D eigenvalue weighted by molar-refractivity contribution is 6.74. The number of carbonyl (C=O) groups excluding carboxylic acids is 1. The standard InChI is InChI=1S/C14H30N2O2Si/c1-10-12(13(17)15-11(2)16(6)7)18-19(8,9)14(3,4)5/h12H,10H2,1-9H3. The van der Waals surface area contributed by atoms with Gasteiger partial charge in [0.25, 0.3) is 5.91 Å². The van der Waals surface area contributed by atoms with Gasteiger partial charge < -0.3 is 9.33 Å². The summed E-state index contributed by atoms with van der Waals surface area (Å²) in [5.41, 5.74) is 0. The first kappa shape index (κ1) is 18.3. The van der Waals surface area contributed by atoms with Crippen LogP contribution in [0.3, 0.4) is 0 Å². The summed E-state index contributed by atoms with van der Waals surface area (Å²) in [5.74, 6) is 0.542. The van der Waals surface area contributed by atoms with Crippen molar-refractivity contribution < 1.29 is 9.22 Å². The highest BCUT2D eigenvalue weighted by Gasteiger charge is 2.40. The molecule has 5 heteroatoms. The van der Waals surface area contributed by atoms with E-state index >= 15 is 0 Å². The molecule has 0 saturated carbocycles. The maximum Gasteiger partial charge on any atom is 0.275 e. The lowest BCUT2D eigenvalue weighted by atomic mass is 10.2. The van der Waals surface area contributed by atoms with Crippen molar-refractivity contribution in [2.45, 2.75) is 65.3 Å². The smallest absolute Gasteiger partial charge is 0.275 e. The van der Waals surface area contributed by atoms with E-state index in [0.29, 0.717) is 12.3 Å². The Bertz CT molecular complexity index is 344. The molecule has 19 heavy (non-hydrogen) atoms. The van der Waals surface area contributed by atoms with Gasteiger partial charge in [-0.15, -0.1) is 0 Å². The minimum Gasteiger partial charge on any atom is -0.405 e. The quantitative estimate of drug-likeness (QED) is 0.452. The molecule has 0 aliphatic rings. The number of amidine groups is 1. The average molecular weight is 286 g/mol. The predicted octanol–water partition coefficient (Wildman–Crippen LogP) is 3.29. The third kappa shape index (κ3) is 5.44. The van der Waals surface area contributed by atoms with Crippen LogP contribution in [0, 0.1) is 0 Å². The largest absolute Gasteiger partial charge is 0.405 e. The molecule has 1 amide bonds. The number of amides is 1. The Balaban J connectivity index is 4.96. The maximum atomic E-state index is 12.2. The fraction of sp³-hybridized carbons (Fsp3) is 0.857. The van der Waals surface area contributed by atoms with Crippen LogP contribution in [0.15, 0.2) is 4.99 Å². The van der Waals surface area contributed by atoms with Crippen LogP contribution in [0.1, 0.15) is 41.0 Å². The minimum absolute atomic E-state index is 0.0982. The van der Waals surface area contributed by atoms with Gasteiger partial charge in [-0.1, -0.05) is 27.7 Å². The Hall–Kier alpha value is -0.683. The molecule has 4 nitrogen and oxygen atoms in total. The Morgan fingerprint density at radius 3 is 2.11 bits per heavy atom. The molecule has 0 rings (SSSR count). The van der Waals surface area contributed by atoms with Crippen molar-refractivity contribution in [1.29, 1.82) is 0 Å². The molecular formula is C14H30N2O2Si. The molecule has 112 valence electrons. The van der Waals surface area contributed by atoms with E-state index in [1.54, 1.807) is 0 Å². The molecule has 0 aromatic rings. The van der Waals surface area contributed by atoms with E-state index in [-0.39, 0.29) is 10.9 Å². The molecule has 0 heterocycles. The van der Waals surface area contributed by atoms with Crippen LogP contribution >= 0.6 is 0 Å². The van der Waals surface area contributed by atoms with Crippen LogP contribution in [-0.2, 0) is 9.22 Å². The van der Waals surface area contributed by atoms with Crippen LogP contribution in [0.4, 0.5) is 0 Å². The second-order valence-electron chi connectivity index (χ2n) is 6.67. The van der Waals surface area contributed by atoms with Crippen LogP contribution < -0.4 is 0 Å². The number of hydrogen-bond donors (Lipinski definition) is 0. The van der Waals surface area contributed by atoms with Crippen molar-refractivity contribution in [2.24, 2.45) is 4.99 Å². The van der Waals surface area contributed by atoms with Crippen LogP contribution in [0.5, 0.6) is 0 Å². The van der Waals surface area contributed by atoms with E-state index < -0.39 is 14.4 Å². The molecule has 1 unspecified atom stereocenters. The van der Waals surface area contributed by atoms with E-state index in [4.69, 9.17) is 4.43 Å². The first-order valence-corrected chi connectivity index (χ1v) is 9.77. The summed E-state index contributed by atoms with van der Waals surface area (Å²) in [6.45, 7) is 14.6. The number of hydrogen-bond acceptors (Lipinski definition) is 2. The molecule has 0 N–H and O–H groups in total. The number of rotatable bonds is 4. The molecule has 0 aliphatic heterocycles. The van der Waals surface area contributed by atoms with Gasteiger partial charge in [-0.25, -0.2) is 0 Å². The van der Waals surface area contributed by atoms with E-state index in [1.807, 2.05) is 32.8 Å². The van der Waals surface area contributed by atoms with Crippen molar-refractivity contribution in [1.82, 2.24) is 4.90 Å². The van der Waals surface area contributed by atoms with Gasteiger partial charge in [-0.05, 0) is 31.5 Å². The molecule has 0 aliphatic carbocycles. The zero-order valence-corrected chi connectivity index (χ0v) is 15.0. The first-order valence-electron chi connectivity index (χ1n) is 6.86. The van der Waals surface area contributed by atoms with Crippen molar-refractivity contribution >= 4 is 20.1 Å². The van der Waals surface area contributed by atoms with Gasteiger partial charge in [-0.2, -0.15) is 4.99 Å². The number of aliphatic imine (C=N–C) groups is 1. The zero-order chi connectivity index (χ0) is 15.4. The van der Waals surface area contributed by atoms with Gasteiger partial charge in [0.1, 0.15) is 11.9 Å². The fourth-order valence-corrected chi connectivity index (χ4v) is 2.50. The van der Waals surface area contributed by atoms with Crippen LogP contribution in [0.2, 0.25) is 18.1 Å². The summed E-state index contributed by atoms with van der Waals surface area (Å²) in [6.07, 6.45) is 0.242. The van der Waals surface area contributed by atoms with Gasteiger partial charge in [-0.3, -0.25) is 4.79 Å². The molecule has 0 bridgehead atoms. The van der Waals surface area contributed by atoms with Gasteiger partial charge >= 0.3 is 0 Å². The monoisotopic (exact) mass is 286 g/mol. The maximum absolute atomic E-state index is 12.2. The van der Waals surface area contributed by atoms with Crippen LogP contribution in [0.25, 0.3) is 0 Å². The van der Waals surface area contributed by atoms with E-state index in [2.05, 4.69) is 38.9 Å². The van der Waals surface area contributed by atoms with Crippen molar-refractivity contribution in [3.8, 4) is 0 Å². The highest BCUT2D eigenvalue weighted by atomic mass is 28.4. The molecule has 0 spiro atoms. The molecule has 0 aromatic carbocycles. The highest BCUT2D eigenvalue weighted by Crippen LogP contribution is 2.37. The predicted molar refractivity (Wildman–Crippen MR) is 84.2 cm³/mol. The molecule has 0 fully saturated rings. The molecule has 0 radical (unpaired) electrons. The lowest BCUT2D eigenvalue weighted by Crippen LogP contribution is -2.45. The van der Waals surface area contributed by atoms with Crippen molar-refractivity contribution in [2.75, 3.05) is 14.1 Å². The Labute approximate surface area is 119 Å². The Kier molecular flexibility index (Phi) is 6.42. The molecular weight excluding hydrogens is 256 g/mol. The van der Waals surface area contributed by atoms with Crippen LogP contribution in [-0.4, -0.2) is 45.2 Å². The average Bonchev–Trinajstić information content (AvgIpc) is 2.23. The SMILES string of the molecule is CCC(O[Si](C)(C)C(C)(C)C)C(=O)N=C(C)N(C)C. The summed E-state index contributed by atoms with van der Waals surface area (Å²) in [6, 6.07) is 0. The summed E-state index contributed by atoms with van der Waals surface area (Å²) in [7, 11) is 1.82. The number of nitrogens with zero attached hydrogens (tertiary/aromatic N) is 2. The van der Waals surface area contributed by atoms with Gasteiger partial charge in [0.2, 0.25) is 0 Å².